The summed E-state index contributed by atoms with van der Waals surface area (Å²) in [5.74, 6) is 1.63. The molecule has 4 N–H and O–H groups in total. The number of nitrogens with one attached hydrogen (secondary N) is 2. The molecule has 22 heavy (non-hydrogen) atoms. The predicted octanol–water partition coefficient (Wildman–Crippen LogP) is 2.49. The van der Waals surface area contributed by atoms with E-state index in [-0.39, 0.29) is 5.95 Å². The molecule has 0 atom stereocenters. The summed E-state index contributed by atoms with van der Waals surface area (Å²) >= 11 is 0. The molecular weight excluding hydrogens is 280 g/mol. The molecule has 0 aliphatic carbocycles. The van der Waals surface area contributed by atoms with Crippen molar-refractivity contribution in [2.24, 2.45) is 0 Å². The van der Waals surface area contributed by atoms with Crippen LogP contribution in [0.4, 0.5) is 17.6 Å². The fraction of sp³-hybridized carbons (Fsp3) is 0.200. The summed E-state index contributed by atoms with van der Waals surface area (Å²) in [4.78, 5) is 6.14. The first-order valence-corrected chi connectivity index (χ1v) is 6.91. The first-order chi connectivity index (χ1) is 10.6. The van der Waals surface area contributed by atoms with E-state index in [1.54, 1.807) is 0 Å². The highest BCUT2D eigenvalue weighted by Gasteiger charge is 2.08. The van der Waals surface area contributed by atoms with Crippen molar-refractivity contribution in [2.45, 2.75) is 6.54 Å². The molecule has 7 nitrogen and oxygen atoms in total. The number of aromatic amines is 1. The quantitative estimate of drug-likeness (QED) is 0.605. The van der Waals surface area contributed by atoms with Crippen LogP contribution in [0.25, 0.3) is 11.0 Å². The maximum absolute atomic E-state index is 5.83. The zero-order valence-corrected chi connectivity index (χ0v) is 12.3. The summed E-state index contributed by atoms with van der Waals surface area (Å²) in [7, 11) is 2.02. The molecule has 114 valence electrons. The lowest BCUT2D eigenvalue weighted by Crippen LogP contribution is -2.16. The number of hydrogen-bond acceptors (Lipinski definition) is 6. The molecule has 0 aliphatic rings. The summed E-state index contributed by atoms with van der Waals surface area (Å²) in [6, 6.07) is 7.86. The van der Waals surface area contributed by atoms with Gasteiger partial charge in [0.05, 0.1) is 6.54 Å². The third kappa shape index (κ3) is 3.09. The minimum absolute atomic E-state index is 0.277. The van der Waals surface area contributed by atoms with Crippen LogP contribution in [0.5, 0.6) is 0 Å². The van der Waals surface area contributed by atoms with E-state index in [0.717, 1.165) is 35.5 Å². The largest absolute Gasteiger partial charge is 0.460 e. The van der Waals surface area contributed by atoms with Gasteiger partial charge in [-0.05, 0) is 31.3 Å². The number of likely N-dealkylation sites (N-methyl/N-ethyl adjacent to an activating group) is 1. The first-order valence-electron chi connectivity index (χ1n) is 6.91. The number of nitrogens with zero attached hydrogens (tertiary/aromatic N) is 3. The van der Waals surface area contributed by atoms with E-state index >= 15 is 0 Å². The number of H-pyrrole nitrogens is 1. The lowest BCUT2D eigenvalue weighted by Gasteiger charge is -2.11. The molecule has 0 unspecified atom stereocenters. The van der Waals surface area contributed by atoms with Crippen LogP contribution in [0, 0.1) is 0 Å². The van der Waals surface area contributed by atoms with Crippen molar-refractivity contribution < 1.29 is 4.42 Å². The van der Waals surface area contributed by atoms with Gasteiger partial charge in [0, 0.05) is 17.6 Å². The van der Waals surface area contributed by atoms with Crippen LogP contribution in [0.3, 0.4) is 0 Å². The highest BCUT2D eigenvalue weighted by atomic mass is 16.3. The van der Waals surface area contributed by atoms with Crippen molar-refractivity contribution in [3.63, 3.8) is 0 Å². The Morgan fingerprint density at radius 1 is 1.45 bits per heavy atom. The van der Waals surface area contributed by atoms with E-state index in [2.05, 4.69) is 32.0 Å². The summed E-state index contributed by atoms with van der Waals surface area (Å²) in [5.41, 5.74) is 7.22. The Morgan fingerprint density at radius 3 is 3.05 bits per heavy atom. The molecule has 0 radical (unpaired) electrons. The van der Waals surface area contributed by atoms with Crippen molar-refractivity contribution in [1.29, 1.82) is 0 Å². The maximum Gasteiger partial charge on any atom is 0.248 e. The van der Waals surface area contributed by atoms with E-state index in [4.69, 9.17) is 10.2 Å². The number of benzene rings is 1. The van der Waals surface area contributed by atoms with Crippen LogP contribution < -0.4 is 11.1 Å². The minimum atomic E-state index is 0.277. The third-order valence-electron chi connectivity index (χ3n) is 3.19. The van der Waals surface area contributed by atoms with Crippen molar-refractivity contribution in [2.75, 3.05) is 24.6 Å². The normalized spacial score (nSPS) is 11.2. The van der Waals surface area contributed by atoms with Crippen LogP contribution in [0.15, 0.2) is 41.3 Å². The van der Waals surface area contributed by atoms with Crippen LogP contribution in [0.1, 0.15) is 5.76 Å². The SMILES string of the molecule is C=CCN(C)Cc1cc2cc(Nc3n[nH]c(N)n3)ccc2o1. The fourth-order valence-electron chi connectivity index (χ4n) is 2.26. The van der Waals surface area contributed by atoms with Gasteiger partial charge in [0.1, 0.15) is 11.3 Å². The van der Waals surface area contributed by atoms with Gasteiger partial charge in [0.15, 0.2) is 0 Å². The number of anilines is 3. The molecule has 0 aliphatic heterocycles. The Labute approximate surface area is 127 Å². The number of nitrogen functional groups attached to an aromatic ring is 1. The van der Waals surface area contributed by atoms with Crippen LogP contribution in [0.2, 0.25) is 0 Å². The van der Waals surface area contributed by atoms with Gasteiger partial charge in [-0.3, -0.25) is 4.90 Å². The standard InChI is InChI=1S/C15H18N6O/c1-3-6-21(2)9-12-8-10-7-11(4-5-13(10)22-12)17-15-18-14(16)19-20-15/h3-5,7-8H,1,6,9H2,2H3,(H4,16,17,18,19,20). The van der Waals surface area contributed by atoms with E-state index in [1.807, 2.05) is 37.4 Å². The summed E-state index contributed by atoms with van der Waals surface area (Å²) in [6.45, 7) is 5.29. The van der Waals surface area contributed by atoms with Crippen LogP contribution >= 0.6 is 0 Å². The number of aromatic nitrogens is 3. The smallest absolute Gasteiger partial charge is 0.248 e. The molecule has 7 heteroatoms. The molecule has 0 saturated heterocycles. The molecule has 3 aromatic rings. The Kier molecular flexibility index (Phi) is 3.80. The Morgan fingerprint density at radius 2 is 2.32 bits per heavy atom. The van der Waals surface area contributed by atoms with Crippen molar-refractivity contribution in [3.8, 4) is 0 Å². The van der Waals surface area contributed by atoms with E-state index in [1.165, 1.54) is 0 Å². The number of nitrogens with two attached hydrogens (primary N) is 1. The van der Waals surface area contributed by atoms with Crippen LogP contribution in [-0.2, 0) is 6.54 Å². The Hall–Kier alpha value is -2.80. The van der Waals surface area contributed by atoms with Gasteiger partial charge in [-0.15, -0.1) is 11.7 Å². The molecule has 0 saturated carbocycles. The van der Waals surface area contributed by atoms with Gasteiger partial charge < -0.3 is 15.5 Å². The Bertz CT molecular complexity index is 790. The number of hydrogen-bond donors (Lipinski definition) is 3. The molecule has 0 spiro atoms. The van der Waals surface area contributed by atoms with Crippen molar-refractivity contribution >= 4 is 28.6 Å². The predicted molar refractivity (Wildman–Crippen MR) is 86.8 cm³/mol. The highest BCUT2D eigenvalue weighted by Crippen LogP contribution is 2.25. The molecule has 0 amide bonds. The number of rotatable bonds is 6. The Balaban J connectivity index is 1.79. The summed E-state index contributed by atoms with van der Waals surface area (Å²) in [6.07, 6.45) is 1.87. The van der Waals surface area contributed by atoms with E-state index in [0.29, 0.717) is 5.95 Å². The zero-order valence-electron chi connectivity index (χ0n) is 12.3. The van der Waals surface area contributed by atoms with Crippen molar-refractivity contribution in [3.05, 3.63) is 42.7 Å². The number of fused-ring (bicyclic) bond motifs is 1. The highest BCUT2D eigenvalue weighted by molar-refractivity contribution is 5.82. The summed E-state index contributed by atoms with van der Waals surface area (Å²) in [5, 5.41) is 10.6. The van der Waals surface area contributed by atoms with Gasteiger partial charge in [-0.25, -0.2) is 5.10 Å². The average molecular weight is 298 g/mol. The van der Waals surface area contributed by atoms with Gasteiger partial charge >= 0.3 is 0 Å². The van der Waals surface area contributed by atoms with E-state index < -0.39 is 0 Å². The number of furan rings is 1. The maximum atomic E-state index is 5.83. The molecule has 0 bridgehead atoms. The molecule has 1 aromatic carbocycles. The topological polar surface area (TPSA) is 96.0 Å². The average Bonchev–Trinajstić information content (AvgIpc) is 3.04. The second-order valence-corrected chi connectivity index (χ2v) is 5.12. The minimum Gasteiger partial charge on any atom is -0.460 e. The molecule has 3 rings (SSSR count). The van der Waals surface area contributed by atoms with Crippen molar-refractivity contribution in [1.82, 2.24) is 20.1 Å². The second kappa shape index (κ2) is 5.90. The molecule has 0 fully saturated rings. The lowest BCUT2D eigenvalue weighted by atomic mass is 10.2. The summed E-state index contributed by atoms with van der Waals surface area (Å²) < 4.78 is 5.83. The lowest BCUT2D eigenvalue weighted by molar-refractivity contribution is 0.328. The second-order valence-electron chi connectivity index (χ2n) is 5.12. The monoisotopic (exact) mass is 298 g/mol. The fourth-order valence-corrected chi connectivity index (χ4v) is 2.26. The van der Waals surface area contributed by atoms with E-state index in [9.17, 15) is 0 Å². The van der Waals surface area contributed by atoms with Crippen LogP contribution in [-0.4, -0.2) is 33.7 Å². The van der Waals surface area contributed by atoms with Gasteiger partial charge in [0.25, 0.3) is 0 Å². The third-order valence-corrected chi connectivity index (χ3v) is 3.19. The first kappa shape index (κ1) is 14.2. The zero-order chi connectivity index (χ0) is 15.5. The van der Waals surface area contributed by atoms with Gasteiger partial charge in [-0.2, -0.15) is 4.98 Å². The van der Waals surface area contributed by atoms with Gasteiger partial charge in [-0.1, -0.05) is 6.08 Å². The molecule has 2 heterocycles. The van der Waals surface area contributed by atoms with Gasteiger partial charge in [0.2, 0.25) is 11.9 Å². The molecule has 2 aromatic heterocycles. The molecular formula is C15H18N6O.